The highest BCUT2D eigenvalue weighted by atomic mass is 16.5. The number of rotatable bonds is 13. The largest absolute Gasteiger partial charge is 0.460 e. The van der Waals surface area contributed by atoms with Crippen molar-refractivity contribution in [2.45, 2.75) is 51.8 Å². The Morgan fingerprint density at radius 2 is 1.80 bits per heavy atom. The molecular weight excluding hydrogens is 566 g/mol. The van der Waals surface area contributed by atoms with Gasteiger partial charge in [-0.2, -0.15) is 19.6 Å². The number of hydrogen-bond donors (Lipinski definition) is 3. The highest BCUT2D eigenvalue weighted by Gasteiger charge is 2.22. The highest BCUT2D eigenvalue weighted by Crippen LogP contribution is 2.25. The number of anilines is 3. The van der Waals surface area contributed by atoms with Crippen LogP contribution in [0.2, 0.25) is 0 Å². The molecule has 45 heavy (non-hydrogen) atoms. The zero-order valence-corrected chi connectivity index (χ0v) is 27.0. The number of hydrogen-bond acceptors (Lipinski definition) is 9. The van der Waals surface area contributed by atoms with Crippen LogP contribution in [0.1, 0.15) is 49.3 Å². The normalized spacial score (nSPS) is 14.5. The first-order valence-corrected chi connectivity index (χ1v) is 15.6. The molecule has 1 amide bonds. The molecule has 1 aliphatic rings. The first-order chi connectivity index (χ1) is 21.7. The predicted molar refractivity (Wildman–Crippen MR) is 180 cm³/mol. The minimum Gasteiger partial charge on any atom is -0.460 e. The van der Waals surface area contributed by atoms with Crippen molar-refractivity contribution in [2.75, 3.05) is 56.7 Å². The second-order valence-corrected chi connectivity index (χ2v) is 12.2. The number of nitrogens with one attached hydrogen (secondary N) is 3. The Labute approximate surface area is 265 Å². The monoisotopic (exact) mass is 611 g/mol. The minimum atomic E-state index is -0.138. The summed E-state index contributed by atoms with van der Waals surface area (Å²) in [4.78, 5) is 26.0. The van der Waals surface area contributed by atoms with Crippen LogP contribution in [-0.4, -0.2) is 82.2 Å². The molecule has 2 aromatic heterocycles. The van der Waals surface area contributed by atoms with E-state index in [1.54, 1.807) is 10.6 Å². The van der Waals surface area contributed by atoms with E-state index < -0.39 is 0 Å². The average molecular weight is 612 g/mol. The van der Waals surface area contributed by atoms with Crippen LogP contribution in [0.3, 0.4) is 0 Å². The van der Waals surface area contributed by atoms with Crippen LogP contribution >= 0.6 is 0 Å². The van der Waals surface area contributed by atoms with Gasteiger partial charge in [0.1, 0.15) is 6.10 Å². The lowest BCUT2D eigenvalue weighted by molar-refractivity contribution is -0.111. The molecule has 0 spiro atoms. The van der Waals surface area contributed by atoms with E-state index >= 15 is 0 Å². The molecule has 0 aliphatic carbocycles. The van der Waals surface area contributed by atoms with Crippen molar-refractivity contribution >= 4 is 28.9 Å². The van der Waals surface area contributed by atoms with Crippen LogP contribution in [0.4, 0.5) is 17.3 Å². The van der Waals surface area contributed by atoms with Crippen LogP contribution in [0.25, 0.3) is 5.65 Å². The number of nitrogens with zero attached hydrogens (tertiary/aromatic N) is 6. The predicted octanol–water partition coefficient (Wildman–Crippen LogP) is 5.00. The Hall–Kier alpha value is -4.48. The lowest BCUT2D eigenvalue weighted by Gasteiger charge is -2.28. The molecule has 0 radical (unpaired) electrons. The fourth-order valence-corrected chi connectivity index (χ4v) is 5.18. The van der Waals surface area contributed by atoms with Gasteiger partial charge in [-0.25, -0.2) is 0 Å². The maximum atomic E-state index is 12.2. The number of likely N-dealkylation sites (N-methyl/N-ethyl adjacent to an activating group) is 1. The summed E-state index contributed by atoms with van der Waals surface area (Å²) in [6.07, 6.45) is 7.28. The zero-order valence-electron chi connectivity index (χ0n) is 27.0. The molecule has 1 saturated heterocycles. The summed E-state index contributed by atoms with van der Waals surface area (Å²) >= 11 is 0. The van der Waals surface area contributed by atoms with E-state index in [1.807, 2.05) is 67.7 Å². The lowest BCUT2D eigenvalue weighted by atomic mass is 10.1. The van der Waals surface area contributed by atoms with Crippen LogP contribution in [-0.2, 0) is 17.9 Å². The number of benzene rings is 2. The number of carbonyl (C=O) groups excluding carboxylic acids is 1. The summed E-state index contributed by atoms with van der Waals surface area (Å²) in [5, 5.41) is 14.6. The molecule has 5 rings (SSSR count). The van der Waals surface area contributed by atoms with Crippen molar-refractivity contribution in [3.8, 4) is 6.01 Å². The van der Waals surface area contributed by atoms with Gasteiger partial charge in [0.15, 0.2) is 5.65 Å². The van der Waals surface area contributed by atoms with Gasteiger partial charge >= 0.3 is 6.01 Å². The van der Waals surface area contributed by atoms with Crippen molar-refractivity contribution in [3.63, 3.8) is 0 Å². The van der Waals surface area contributed by atoms with Gasteiger partial charge in [-0.1, -0.05) is 50.3 Å². The topological polar surface area (TPSA) is 112 Å². The summed E-state index contributed by atoms with van der Waals surface area (Å²) in [6, 6.07) is 16.5. The van der Waals surface area contributed by atoms with Gasteiger partial charge in [0.2, 0.25) is 11.9 Å². The molecule has 1 aliphatic heterocycles. The number of likely N-dealkylation sites (tertiary alicyclic amines) is 1. The third-order valence-corrected chi connectivity index (χ3v) is 7.83. The minimum absolute atomic E-state index is 0.0992. The smallest absolute Gasteiger partial charge is 0.322 e. The quantitative estimate of drug-likeness (QED) is 0.180. The fourth-order valence-electron chi connectivity index (χ4n) is 5.18. The summed E-state index contributed by atoms with van der Waals surface area (Å²) in [7, 11) is 6.07. The maximum absolute atomic E-state index is 12.2. The van der Waals surface area contributed by atoms with E-state index in [0.29, 0.717) is 25.0 Å². The summed E-state index contributed by atoms with van der Waals surface area (Å²) < 4.78 is 8.07. The Balaban J connectivity index is 1.24. The van der Waals surface area contributed by atoms with Crippen molar-refractivity contribution < 1.29 is 9.53 Å². The van der Waals surface area contributed by atoms with Crippen LogP contribution in [0.15, 0.2) is 66.9 Å². The maximum Gasteiger partial charge on any atom is 0.322 e. The van der Waals surface area contributed by atoms with E-state index in [4.69, 9.17) is 14.7 Å². The number of amides is 1. The molecule has 0 atom stereocenters. The molecular formula is C34H45N9O2. The van der Waals surface area contributed by atoms with Gasteiger partial charge in [0.05, 0.1) is 6.20 Å². The third kappa shape index (κ3) is 8.80. The SMILES string of the molecule is CC(C)c1cnn2c(NCc3ccccc3NCc3ccc(NC(=O)C=CCN(C)C)cc3)nc(OC3CCN(C)CC3)nc12. The average Bonchev–Trinajstić information content (AvgIpc) is 3.45. The fraction of sp³-hybridized carbons (Fsp3) is 0.412. The van der Waals surface area contributed by atoms with Crippen LogP contribution < -0.4 is 20.7 Å². The number of piperidine rings is 1. The molecule has 11 heteroatoms. The first kappa shape index (κ1) is 31.9. The van der Waals surface area contributed by atoms with Gasteiger partial charge in [-0.3, -0.25) is 4.79 Å². The molecule has 0 bridgehead atoms. The van der Waals surface area contributed by atoms with E-state index in [2.05, 4.69) is 59.0 Å². The van der Waals surface area contributed by atoms with Gasteiger partial charge in [-0.15, -0.1) is 0 Å². The second-order valence-electron chi connectivity index (χ2n) is 12.2. The Kier molecular flexibility index (Phi) is 10.6. The van der Waals surface area contributed by atoms with Crippen LogP contribution in [0.5, 0.6) is 6.01 Å². The number of fused-ring (bicyclic) bond motifs is 1. The molecule has 3 N–H and O–H groups in total. The van der Waals surface area contributed by atoms with Crippen molar-refractivity contribution in [3.05, 3.63) is 83.6 Å². The number of ether oxygens (including phenoxy) is 1. The number of carbonyl (C=O) groups is 1. The van der Waals surface area contributed by atoms with Gasteiger partial charge in [0.25, 0.3) is 0 Å². The van der Waals surface area contributed by atoms with E-state index in [9.17, 15) is 4.79 Å². The van der Waals surface area contributed by atoms with Crippen molar-refractivity contribution in [2.24, 2.45) is 0 Å². The Morgan fingerprint density at radius 3 is 2.53 bits per heavy atom. The second kappa shape index (κ2) is 15.0. The molecule has 0 unspecified atom stereocenters. The molecule has 0 saturated carbocycles. The molecule has 3 heterocycles. The molecule has 1 fully saturated rings. The lowest BCUT2D eigenvalue weighted by Crippen LogP contribution is -2.36. The summed E-state index contributed by atoms with van der Waals surface area (Å²) in [6.45, 7) is 8.17. The first-order valence-electron chi connectivity index (χ1n) is 15.6. The zero-order chi connectivity index (χ0) is 31.8. The molecule has 11 nitrogen and oxygen atoms in total. The van der Waals surface area contributed by atoms with E-state index in [0.717, 1.165) is 66.2 Å². The number of aromatic nitrogens is 4. The van der Waals surface area contributed by atoms with Gasteiger partial charge in [-0.05, 0) is 69.2 Å². The van der Waals surface area contributed by atoms with Gasteiger partial charge < -0.3 is 30.5 Å². The van der Waals surface area contributed by atoms with Crippen LogP contribution in [0, 0.1) is 0 Å². The van der Waals surface area contributed by atoms with Crippen molar-refractivity contribution in [1.29, 1.82) is 0 Å². The third-order valence-electron chi connectivity index (χ3n) is 7.83. The van der Waals surface area contributed by atoms with E-state index in [1.165, 1.54) is 0 Å². The summed E-state index contributed by atoms with van der Waals surface area (Å²) in [5.41, 5.74) is 5.79. The van der Waals surface area contributed by atoms with E-state index in [-0.39, 0.29) is 17.9 Å². The highest BCUT2D eigenvalue weighted by molar-refractivity contribution is 5.99. The molecule has 238 valence electrons. The number of para-hydroxylation sites is 1. The Bertz CT molecular complexity index is 1590. The van der Waals surface area contributed by atoms with Crippen molar-refractivity contribution in [1.82, 2.24) is 29.4 Å². The standard InChI is InChI=1S/C34H45N9O2/c1-24(2)29-23-37-43-32(29)39-34(45-28-16-19-42(5)20-17-28)40-33(43)36-22-26-9-6-7-10-30(26)35-21-25-12-14-27(15-13-25)38-31(44)11-8-18-41(3)4/h6-15,23-24,28,35H,16-22H2,1-5H3,(H,38,44)(H,36,39,40). The van der Waals surface area contributed by atoms with Gasteiger partial charge in [0, 0.05) is 55.7 Å². The summed E-state index contributed by atoms with van der Waals surface area (Å²) in [5.74, 6) is 0.724. The molecule has 2 aromatic carbocycles. The Morgan fingerprint density at radius 1 is 1.04 bits per heavy atom. The molecule has 4 aromatic rings.